The van der Waals surface area contributed by atoms with Crippen molar-refractivity contribution in [3.63, 3.8) is 0 Å². The summed E-state index contributed by atoms with van der Waals surface area (Å²) in [5, 5.41) is 12.8. The lowest BCUT2D eigenvalue weighted by molar-refractivity contribution is 0.288. The van der Waals surface area contributed by atoms with Crippen LogP contribution in [-0.4, -0.2) is 21.7 Å². The third-order valence-electron chi connectivity index (χ3n) is 4.07. The van der Waals surface area contributed by atoms with Gasteiger partial charge in [-0.3, -0.25) is 0 Å². The zero-order valence-corrected chi connectivity index (χ0v) is 15.3. The van der Waals surface area contributed by atoms with Gasteiger partial charge in [-0.15, -0.1) is 0 Å². The zero-order chi connectivity index (χ0) is 18.5. The van der Waals surface area contributed by atoms with Gasteiger partial charge in [-0.05, 0) is 55.2 Å². The number of aliphatic hydroxyl groups excluding tert-OH is 1. The lowest BCUT2D eigenvalue weighted by Crippen LogP contribution is -2.02. The summed E-state index contributed by atoms with van der Waals surface area (Å²) in [6.07, 6.45) is 1.62. The van der Waals surface area contributed by atoms with Crippen LogP contribution in [0.25, 0.3) is 11.3 Å². The molecular weight excluding hydrogens is 348 g/mol. The van der Waals surface area contributed by atoms with Gasteiger partial charge >= 0.3 is 0 Å². The molecule has 0 aliphatic rings. The van der Waals surface area contributed by atoms with Crippen LogP contribution in [0.4, 0.5) is 17.5 Å². The van der Waals surface area contributed by atoms with Gasteiger partial charge in [-0.2, -0.15) is 4.98 Å². The smallest absolute Gasteiger partial charge is 0.222 e. The molecule has 0 atom stereocenters. The van der Waals surface area contributed by atoms with E-state index in [0.717, 1.165) is 35.3 Å². The number of halogens is 1. The highest BCUT2D eigenvalue weighted by Crippen LogP contribution is 2.28. The number of nitrogens with zero attached hydrogens (tertiary/aromatic N) is 2. The van der Waals surface area contributed by atoms with Crippen LogP contribution in [0.15, 0.2) is 48.5 Å². The Labute approximate surface area is 157 Å². The van der Waals surface area contributed by atoms with Gasteiger partial charge in [0.25, 0.3) is 0 Å². The Kier molecular flexibility index (Phi) is 5.71. The number of hydrogen-bond donors (Lipinski definition) is 3. The standard InChI is InChI=1S/C20H21ClN4O/c1-13-4-7-15(21)11-17(13)18-12-19(25-20(22)24-18)23-16-8-5-14(6-9-16)3-2-10-26/h4-9,11-12,26H,2-3,10H2,1H3,(H3,22,23,24,25). The van der Waals surface area contributed by atoms with Crippen molar-refractivity contribution < 1.29 is 5.11 Å². The van der Waals surface area contributed by atoms with Crippen molar-refractivity contribution in [3.8, 4) is 11.3 Å². The molecule has 3 rings (SSSR count). The molecule has 0 bridgehead atoms. The molecule has 0 saturated heterocycles. The van der Waals surface area contributed by atoms with Crippen molar-refractivity contribution in [3.05, 3.63) is 64.7 Å². The number of benzene rings is 2. The first kappa shape index (κ1) is 18.2. The van der Waals surface area contributed by atoms with Crippen molar-refractivity contribution in [2.24, 2.45) is 0 Å². The number of anilines is 3. The monoisotopic (exact) mass is 368 g/mol. The van der Waals surface area contributed by atoms with E-state index in [1.165, 1.54) is 5.56 Å². The number of hydrogen-bond acceptors (Lipinski definition) is 5. The minimum atomic E-state index is 0.198. The van der Waals surface area contributed by atoms with Crippen LogP contribution in [0.3, 0.4) is 0 Å². The normalized spacial score (nSPS) is 10.7. The van der Waals surface area contributed by atoms with Crippen LogP contribution in [-0.2, 0) is 6.42 Å². The summed E-state index contributed by atoms with van der Waals surface area (Å²) in [5.41, 5.74) is 10.7. The number of aromatic nitrogens is 2. The van der Waals surface area contributed by atoms with Gasteiger partial charge in [0.2, 0.25) is 5.95 Å². The van der Waals surface area contributed by atoms with Gasteiger partial charge < -0.3 is 16.2 Å². The summed E-state index contributed by atoms with van der Waals surface area (Å²) in [6, 6.07) is 15.6. The predicted molar refractivity (Wildman–Crippen MR) is 107 cm³/mol. The Morgan fingerprint density at radius 3 is 2.58 bits per heavy atom. The van der Waals surface area contributed by atoms with Crippen molar-refractivity contribution in [1.82, 2.24) is 9.97 Å². The van der Waals surface area contributed by atoms with Gasteiger partial charge in [0.15, 0.2) is 0 Å². The molecule has 5 nitrogen and oxygen atoms in total. The number of rotatable bonds is 6. The highest BCUT2D eigenvalue weighted by Gasteiger charge is 2.09. The fourth-order valence-electron chi connectivity index (χ4n) is 2.72. The summed E-state index contributed by atoms with van der Waals surface area (Å²) in [4.78, 5) is 8.61. The Morgan fingerprint density at radius 1 is 1.08 bits per heavy atom. The SMILES string of the molecule is Cc1ccc(Cl)cc1-c1cc(Nc2ccc(CCCO)cc2)nc(N)n1. The van der Waals surface area contributed by atoms with Crippen LogP contribution in [0.2, 0.25) is 5.02 Å². The third-order valence-corrected chi connectivity index (χ3v) is 4.30. The molecule has 26 heavy (non-hydrogen) atoms. The predicted octanol–water partition coefficient (Wildman–Crippen LogP) is 4.36. The topological polar surface area (TPSA) is 84.1 Å². The lowest BCUT2D eigenvalue weighted by atomic mass is 10.1. The molecule has 0 spiro atoms. The quantitative estimate of drug-likeness (QED) is 0.602. The maximum Gasteiger partial charge on any atom is 0.222 e. The van der Waals surface area contributed by atoms with Crippen molar-refractivity contribution >= 4 is 29.1 Å². The number of aliphatic hydroxyl groups is 1. The van der Waals surface area contributed by atoms with Gasteiger partial charge in [-0.1, -0.05) is 29.8 Å². The third kappa shape index (κ3) is 4.50. The van der Waals surface area contributed by atoms with E-state index in [1.807, 2.05) is 55.5 Å². The molecule has 1 aromatic heterocycles. The van der Waals surface area contributed by atoms with E-state index in [0.29, 0.717) is 10.8 Å². The molecule has 0 unspecified atom stereocenters. The number of aryl methyl sites for hydroxylation is 2. The van der Waals surface area contributed by atoms with E-state index in [-0.39, 0.29) is 12.6 Å². The summed E-state index contributed by atoms with van der Waals surface area (Å²) in [5.74, 6) is 0.818. The second-order valence-electron chi connectivity index (χ2n) is 6.10. The van der Waals surface area contributed by atoms with Gasteiger partial charge in [0, 0.05) is 28.9 Å². The maximum atomic E-state index is 8.91. The molecule has 1 heterocycles. The second-order valence-corrected chi connectivity index (χ2v) is 6.54. The van der Waals surface area contributed by atoms with Crippen LogP contribution in [0.5, 0.6) is 0 Å². The minimum Gasteiger partial charge on any atom is -0.396 e. The fraction of sp³-hybridized carbons (Fsp3) is 0.200. The molecule has 3 aromatic rings. The lowest BCUT2D eigenvalue weighted by Gasteiger charge is -2.11. The zero-order valence-electron chi connectivity index (χ0n) is 14.5. The average Bonchev–Trinajstić information content (AvgIpc) is 2.62. The van der Waals surface area contributed by atoms with Crippen LogP contribution in [0, 0.1) is 6.92 Å². The Hall–Kier alpha value is -2.63. The van der Waals surface area contributed by atoms with E-state index < -0.39 is 0 Å². The van der Waals surface area contributed by atoms with Crippen LogP contribution < -0.4 is 11.1 Å². The molecule has 0 amide bonds. The van der Waals surface area contributed by atoms with E-state index >= 15 is 0 Å². The maximum absolute atomic E-state index is 8.91. The molecule has 0 saturated carbocycles. The van der Waals surface area contributed by atoms with E-state index in [1.54, 1.807) is 0 Å². The van der Waals surface area contributed by atoms with E-state index in [9.17, 15) is 0 Å². The molecule has 134 valence electrons. The molecule has 0 aliphatic carbocycles. The first-order valence-electron chi connectivity index (χ1n) is 8.43. The number of nitrogens with one attached hydrogen (secondary N) is 1. The molecule has 2 aromatic carbocycles. The van der Waals surface area contributed by atoms with Crippen LogP contribution >= 0.6 is 11.6 Å². The summed E-state index contributed by atoms with van der Waals surface area (Å²) >= 11 is 6.12. The molecule has 6 heteroatoms. The average molecular weight is 369 g/mol. The Morgan fingerprint density at radius 2 is 1.85 bits per heavy atom. The fourth-order valence-corrected chi connectivity index (χ4v) is 2.90. The molecule has 0 radical (unpaired) electrons. The van der Waals surface area contributed by atoms with E-state index in [4.69, 9.17) is 22.4 Å². The van der Waals surface area contributed by atoms with Gasteiger partial charge in [-0.25, -0.2) is 4.98 Å². The van der Waals surface area contributed by atoms with Crippen LogP contribution in [0.1, 0.15) is 17.5 Å². The summed E-state index contributed by atoms with van der Waals surface area (Å²) in [7, 11) is 0. The van der Waals surface area contributed by atoms with Crippen molar-refractivity contribution in [2.45, 2.75) is 19.8 Å². The molecular formula is C20H21ClN4O. The second kappa shape index (κ2) is 8.17. The Bertz CT molecular complexity index is 897. The van der Waals surface area contributed by atoms with E-state index in [2.05, 4.69) is 15.3 Å². The van der Waals surface area contributed by atoms with Gasteiger partial charge in [0.05, 0.1) is 5.69 Å². The molecule has 0 aliphatic heterocycles. The largest absolute Gasteiger partial charge is 0.396 e. The molecule has 4 N–H and O–H groups in total. The summed E-state index contributed by atoms with van der Waals surface area (Å²) < 4.78 is 0. The summed E-state index contributed by atoms with van der Waals surface area (Å²) in [6.45, 7) is 2.20. The van der Waals surface area contributed by atoms with Gasteiger partial charge in [0.1, 0.15) is 5.82 Å². The highest BCUT2D eigenvalue weighted by atomic mass is 35.5. The minimum absolute atomic E-state index is 0.198. The first-order chi connectivity index (χ1) is 12.5. The number of nitrogens with two attached hydrogens (primary N) is 1. The highest BCUT2D eigenvalue weighted by molar-refractivity contribution is 6.30. The first-order valence-corrected chi connectivity index (χ1v) is 8.81. The number of nitrogen functional groups attached to an aromatic ring is 1. The van der Waals surface area contributed by atoms with Crippen molar-refractivity contribution in [2.75, 3.05) is 17.7 Å². The van der Waals surface area contributed by atoms with Crippen molar-refractivity contribution in [1.29, 1.82) is 0 Å². The Balaban J connectivity index is 1.85. The molecule has 0 fully saturated rings.